The van der Waals surface area contributed by atoms with E-state index in [4.69, 9.17) is 9.84 Å². The summed E-state index contributed by atoms with van der Waals surface area (Å²) >= 11 is 0. The summed E-state index contributed by atoms with van der Waals surface area (Å²) in [5.41, 5.74) is 2.27. The van der Waals surface area contributed by atoms with E-state index in [2.05, 4.69) is 11.4 Å². The number of rotatable bonds is 5. The average Bonchev–Trinajstić information content (AvgIpc) is 2.38. The van der Waals surface area contributed by atoms with Crippen molar-refractivity contribution in [3.05, 3.63) is 23.8 Å². The van der Waals surface area contributed by atoms with Gasteiger partial charge < -0.3 is 15.2 Å². The number of benzene rings is 1. The number of ether oxygens (including phenoxy) is 1. The van der Waals surface area contributed by atoms with Crippen molar-refractivity contribution in [2.75, 3.05) is 18.5 Å². The Morgan fingerprint density at radius 2 is 2.39 bits per heavy atom. The minimum Gasteiger partial charge on any atom is -0.493 e. The molecule has 0 aromatic heterocycles. The first-order chi connectivity index (χ1) is 8.66. The molecule has 4 nitrogen and oxygen atoms in total. The SMILES string of the molecule is CC(CCNc1ccc2c(c1)CCCO2)C(=O)O. The van der Waals surface area contributed by atoms with Crippen molar-refractivity contribution in [2.24, 2.45) is 5.92 Å². The third-order valence-electron chi connectivity index (χ3n) is 3.24. The number of anilines is 1. The van der Waals surface area contributed by atoms with E-state index in [9.17, 15) is 4.79 Å². The normalized spacial score (nSPS) is 15.4. The second kappa shape index (κ2) is 5.76. The molecule has 1 aliphatic heterocycles. The maximum atomic E-state index is 10.7. The molecule has 2 N–H and O–H groups in total. The fourth-order valence-corrected chi connectivity index (χ4v) is 2.03. The van der Waals surface area contributed by atoms with Crippen LogP contribution in [0, 0.1) is 5.92 Å². The molecule has 1 aromatic carbocycles. The zero-order chi connectivity index (χ0) is 13.0. The number of carboxylic acids is 1. The van der Waals surface area contributed by atoms with Gasteiger partial charge in [0, 0.05) is 12.2 Å². The molecule has 98 valence electrons. The van der Waals surface area contributed by atoms with E-state index >= 15 is 0 Å². The van der Waals surface area contributed by atoms with Gasteiger partial charge in [0.15, 0.2) is 0 Å². The minimum atomic E-state index is -0.740. The summed E-state index contributed by atoms with van der Waals surface area (Å²) in [6, 6.07) is 6.06. The van der Waals surface area contributed by atoms with Crippen LogP contribution < -0.4 is 10.1 Å². The molecule has 0 bridgehead atoms. The molecule has 1 unspecified atom stereocenters. The first-order valence-electron chi connectivity index (χ1n) is 6.39. The van der Waals surface area contributed by atoms with Crippen LogP contribution in [0.1, 0.15) is 25.3 Å². The van der Waals surface area contributed by atoms with Crippen LogP contribution in [0.2, 0.25) is 0 Å². The molecule has 1 aromatic rings. The summed E-state index contributed by atoms with van der Waals surface area (Å²) in [5, 5.41) is 12.1. The van der Waals surface area contributed by atoms with E-state index in [1.807, 2.05) is 12.1 Å². The van der Waals surface area contributed by atoms with Crippen LogP contribution in [0.15, 0.2) is 18.2 Å². The molecule has 18 heavy (non-hydrogen) atoms. The van der Waals surface area contributed by atoms with E-state index in [0.717, 1.165) is 30.9 Å². The molecule has 0 aliphatic carbocycles. The summed E-state index contributed by atoms with van der Waals surface area (Å²) in [5.74, 6) is -0.0696. The number of aliphatic carboxylic acids is 1. The van der Waals surface area contributed by atoms with Gasteiger partial charge in [-0.25, -0.2) is 0 Å². The average molecular weight is 249 g/mol. The summed E-state index contributed by atoms with van der Waals surface area (Å²) < 4.78 is 5.55. The molecule has 0 spiro atoms. The summed E-state index contributed by atoms with van der Waals surface area (Å²) in [4.78, 5) is 10.7. The van der Waals surface area contributed by atoms with Crippen LogP contribution in [0.25, 0.3) is 0 Å². The van der Waals surface area contributed by atoms with Crippen LogP contribution >= 0.6 is 0 Å². The minimum absolute atomic E-state index is 0.307. The lowest BCUT2D eigenvalue weighted by atomic mass is 10.1. The molecule has 0 fully saturated rings. The predicted molar refractivity (Wildman–Crippen MR) is 70.2 cm³/mol. The van der Waals surface area contributed by atoms with Crippen LogP contribution in [0.4, 0.5) is 5.69 Å². The van der Waals surface area contributed by atoms with Crippen molar-refractivity contribution in [1.82, 2.24) is 0 Å². The standard InChI is InChI=1S/C14H19NO3/c1-10(14(16)17)6-7-15-12-4-5-13-11(9-12)3-2-8-18-13/h4-5,9-10,15H,2-3,6-8H2,1H3,(H,16,17). The number of fused-ring (bicyclic) bond motifs is 1. The van der Waals surface area contributed by atoms with Crippen molar-refractivity contribution in [1.29, 1.82) is 0 Å². The topological polar surface area (TPSA) is 58.6 Å². The Balaban J connectivity index is 1.88. The Bertz CT molecular complexity index is 431. The lowest BCUT2D eigenvalue weighted by Gasteiger charge is -2.18. The van der Waals surface area contributed by atoms with Crippen LogP contribution in [0.3, 0.4) is 0 Å². The van der Waals surface area contributed by atoms with E-state index in [1.165, 1.54) is 5.56 Å². The summed E-state index contributed by atoms with van der Waals surface area (Å²) in [6.45, 7) is 3.20. The smallest absolute Gasteiger partial charge is 0.306 e. The van der Waals surface area contributed by atoms with Crippen molar-refractivity contribution in [2.45, 2.75) is 26.2 Å². The summed E-state index contributed by atoms with van der Waals surface area (Å²) in [7, 11) is 0. The number of hydrogen-bond acceptors (Lipinski definition) is 3. The van der Waals surface area contributed by atoms with E-state index in [-0.39, 0.29) is 5.92 Å². The highest BCUT2D eigenvalue weighted by atomic mass is 16.5. The van der Waals surface area contributed by atoms with Crippen LogP contribution in [0.5, 0.6) is 5.75 Å². The van der Waals surface area contributed by atoms with Gasteiger partial charge in [0.2, 0.25) is 0 Å². The van der Waals surface area contributed by atoms with E-state index in [1.54, 1.807) is 6.92 Å². The van der Waals surface area contributed by atoms with Gasteiger partial charge in [0.1, 0.15) is 5.75 Å². The molecular weight excluding hydrogens is 230 g/mol. The van der Waals surface area contributed by atoms with E-state index in [0.29, 0.717) is 13.0 Å². The molecule has 0 radical (unpaired) electrons. The van der Waals surface area contributed by atoms with Gasteiger partial charge >= 0.3 is 5.97 Å². The fourth-order valence-electron chi connectivity index (χ4n) is 2.03. The number of aryl methyl sites for hydroxylation is 1. The first kappa shape index (κ1) is 12.7. The Hall–Kier alpha value is -1.71. The Labute approximate surface area is 107 Å². The number of carbonyl (C=O) groups is 1. The summed E-state index contributed by atoms with van der Waals surface area (Å²) in [6.07, 6.45) is 2.74. The molecule has 2 rings (SSSR count). The first-order valence-corrected chi connectivity index (χ1v) is 6.39. The maximum absolute atomic E-state index is 10.7. The number of carboxylic acid groups (broad SMARTS) is 1. The third kappa shape index (κ3) is 3.15. The van der Waals surface area contributed by atoms with Gasteiger partial charge in [-0.2, -0.15) is 0 Å². The van der Waals surface area contributed by atoms with Gasteiger partial charge in [-0.3, -0.25) is 4.79 Å². The molecular formula is C14H19NO3. The Morgan fingerprint density at radius 1 is 1.56 bits per heavy atom. The largest absolute Gasteiger partial charge is 0.493 e. The van der Waals surface area contributed by atoms with Crippen LogP contribution in [-0.4, -0.2) is 24.2 Å². The zero-order valence-electron chi connectivity index (χ0n) is 10.6. The highest BCUT2D eigenvalue weighted by Gasteiger charge is 2.12. The quantitative estimate of drug-likeness (QED) is 0.842. The van der Waals surface area contributed by atoms with Crippen molar-refractivity contribution in [3.63, 3.8) is 0 Å². The van der Waals surface area contributed by atoms with Gasteiger partial charge in [0.25, 0.3) is 0 Å². The Kier molecular flexibility index (Phi) is 4.07. The van der Waals surface area contributed by atoms with Crippen molar-refractivity contribution < 1.29 is 14.6 Å². The number of hydrogen-bond donors (Lipinski definition) is 2. The van der Waals surface area contributed by atoms with E-state index < -0.39 is 5.97 Å². The lowest BCUT2D eigenvalue weighted by Crippen LogP contribution is -2.14. The highest BCUT2D eigenvalue weighted by Crippen LogP contribution is 2.27. The molecule has 4 heteroatoms. The monoisotopic (exact) mass is 249 g/mol. The van der Waals surface area contributed by atoms with Crippen LogP contribution in [-0.2, 0) is 11.2 Å². The number of nitrogens with one attached hydrogen (secondary N) is 1. The van der Waals surface area contributed by atoms with Gasteiger partial charge in [0.05, 0.1) is 12.5 Å². The van der Waals surface area contributed by atoms with Crippen molar-refractivity contribution >= 4 is 11.7 Å². The third-order valence-corrected chi connectivity index (χ3v) is 3.24. The molecule has 0 saturated carbocycles. The predicted octanol–water partition coefficient (Wildman–Crippen LogP) is 2.53. The second-order valence-electron chi connectivity index (χ2n) is 4.73. The van der Waals surface area contributed by atoms with Gasteiger partial charge in [-0.1, -0.05) is 6.92 Å². The van der Waals surface area contributed by atoms with Crippen molar-refractivity contribution in [3.8, 4) is 5.75 Å². The zero-order valence-corrected chi connectivity index (χ0v) is 10.6. The lowest BCUT2D eigenvalue weighted by molar-refractivity contribution is -0.141. The maximum Gasteiger partial charge on any atom is 0.306 e. The molecule has 0 amide bonds. The Morgan fingerprint density at radius 3 is 3.17 bits per heavy atom. The molecule has 1 heterocycles. The van der Waals surface area contributed by atoms with Gasteiger partial charge in [-0.15, -0.1) is 0 Å². The second-order valence-corrected chi connectivity index (χ2v) is 4.73. The highest BCUT2D eigenvalue weighted by molar-refractivity contribution is 5.69. The molecule has 0 saturated heterocycles. The molecule has 1 atom stereocenters. The fraction of sp³-hybridized carbons (Fsp3) is 0.500. The molecule has 1 aliphatic rings. The van der Waals surface area contributed by atoms with Gasteiger partial charge in [-0.05, 0) is 43.0 Å².